The molecule has 0 saturated carbocycles. The van der Waals surface area contributed by atoms with Gasteiger partial charge in [0.1, 0.15) is 6.04 Å². The molecule has 0 spiro atoms. The fraction of sp³-hybridized carbons (Fsp3) is 0.515. The summed E-state index contributed by atoms with van der Waals surface area (Å²) >= 11 is 0. The molecule has 2 aromatic carbocycles. The van der Waals surface area contributed by atoms with Crippen molar-refractivity contribution in [2.24, 2.45) is 5.73 Å². The van der Waals surface area contributed by atoms with E-state index in [1.54, 1.807) is 17.4 Å². The van der Waals surface area contributed by atoms with Crippen molar-refractivity contribution in [1.29, 1.82) is 0 Å². The van der Waals surface area contributed by atoms with Gasteiger partial charge in [0.15, 0.2) is 0 Å². The number of carbonyl (C=O) groups excluding carboxylic acids is 4. The first-order valence-corrected chi connectivity index (χ1v) is 15.6. The Morgan fingerprint density at radius 3 is 1.91 bits per heavy atom. The van der Waals surface area contributed by atoms with E-state index < -0.39 is 30.1 Å². The Hall–Kier alpha value is -3.93. The zero-order valence-electron chi connectivity index (χ0n) is 25.9. The SMILES string of the molecule is CCCCCCNC(=O)C(CCCCNC(=O)C(F)(F)F)NC(=O)C(N)CCCCNC(=O)c1ccc(-c2ccccc2)cc1. The van der Waals surface area contributed by atoms with Gasteiger partial charge in [-0.15, -0.1) is 0 Å². The number of hydrogen-bond acceptors (Lipinski definition) is 5. The van der Waals surface area contributed by atoms with Crippen LogP contribution in [-0.4, -0.2) is 61.5 Å². The van der Waals surface area contributed by atoms with Crippen LogP contribution in [0.25, 0.3) is 11.1 Å². The molecule has 0 aromatic heterocycles. The molecule has 248 valence electrons. The van der Waals surface area contributed by atoms with Gasteiger partial charge >= 0.3 is 12.1 Å². The lowest BCUT2D eigenvalue weighted by molar-refractivity contribution is -0.173. The zero-order chi connectivity index (χ0) is 33.1. The standard InChI is InChI=1S/C33H46F3N5O4/c1-2-3-4-10-21-39-31(44)28(16-9-12-23-40-32(45)33(34,35)36)41-30(43)27(37)15-8-11-22-38-29(42)26-19-17-25(18-20-26)24-13-6-5-7-14-24/h5-7,13-14,17-20,27-28H,2-4,8-12,15-16,21-23,37H2,1H3,(H,38,42)(H,39,44)(H,40,45)(H,41,43). The van der Waals surface area contributed by atoms with E-state index in [9.17, 15) is 32.3 Å². The van der Waals surface area contributed by atoms with Gasteiger partial charge in [-0.3, -0.25) is 19.2 Å². The lowest BCUT2D eigenvalue weighted by atomic mass is 10.0. The van der Waals surface area contributed by atoms with Crippen molar-refractivity contribution < 1.29 is 32.3 Å². The molecule has 0 aliphatic heterocycles. The molecule has 0 aliphatic carbocycles. The van der Waals surface area contributed by atoms with E-state index in [0.717, 1.165) is 36.8 Å². The summed E-state index contributed by atoms with van der Waals surface area (Å²) in [6.45, 7) is 2.72. The lowest BCUT2D eigenvalue weighted by Gasteiger charge is -2.21. The number of benzene rings is 2. The molecule has 4 amide bonds. The molecular weight excluding hydrogens is 587 g/mol. The summed E-state index contributed by atoms with van der Waals surface area (Å²) in [5, 5.41) is 10.1. The first kappa shape index (κ1) is 37.3. The molecular formula is C33H46F3N5O4. The summed E-state index contributed by atoms with van der Waals surface area (Å²) in [6.07, 6.45) is 1.06. The van der Waals surface area contributed by atoms with Crippen LogP contribution in [0.3, 0.4) is 0 Å². The quantitative estimate of drug-likeness (QED) is 0.135. The van der Waals surface area contributed by atoms with Crippen molar-refractivity contribution >= 4 is 23.6 Å². The average Bonchev–Trinajstić information content (AvgIpc) is 3.03. The molecule has 0 aliphatic rings. The van der Waals surface area contributed by atoms with Gasteiger partial charge in [0, 0.05) is 25.2 Å². The van der Waals surface area contributed by atoms with E-state index in [-0.39, 0.29) is 31.2 Å². The minimum atomic E-state index is -4.95. The topological polar surface area (TPSA) is 142 Å². The maximum atomic E-state index is 12.8. The van der Waals surface area contributed by atoms with Crippen LogP contribution in [0, 0.1) is 0 Å². The van der Waals surface area contributed by atoms with E-state index >= 15 is 0 Å². The molecule has 45 heavy (non-hydrogen) atoms. The molecule has 0 saturated heterocycles. The van der Waals surface area contributed by atoms with Crippen LogP contribution >= 0.6 is 0 Å². The molecule has 0 radical (unpaired) electrons. The maximum Gasteiger partial charge on any atom is 0.471 e. The van der Waals surface area contributed by atoms with E-state index in [2.05, 4.69) is 22.9 Å². The third-order valence-electron chi connectivity index (χ3n) is 7.24. The molecule has 0 fully saturated rings. The van der Waals surface area contributed by atoms with Gasteiger partial charge in [-0.1, -0.05) is 68.7 Å². The van der Waals surface area contributed by atoms with Crippen LogP contribution in [0.5, 0.6) is 0 Å². The van der Waals surface area contributed by atoms with Crippen LogP contribution in [0.1, 0.15) is 81.5 Å². The van der Waals surface area contributed by atoms with Crippen molar-refractivity contribution in [2.45, 2.75) is 89.4 Å². The second kappa shape index (κ2) is 20.2. The summed E-state index contributed by atoms with van der Waals surface area (Å²) in [4.78, 5) is 49.0. The second-order valence-electron chi connectivity index (χ2n) is 11.0. The number of hydrogen-bond donors (Lipinski definition) is 5. The van der Waals surface area contributed by atoms with Crippen LogP contribution in [0.4, 0.5) is 13.2 Å². The van der Waals surface area contributed by atoms with Gasteiger partial charge < -0.3 is 27.0 Å². The van der Waals surface area contributed by atoms with E-state index in [0.29, 0.717) is 44.3 Å². The number of halogens is 3. The number of nitrogens with two attached hydrogens (primary N) is 1. The summed E-state index contributed by atoms with van der Waals surface area (Å²) < 4.78 is 37.1. The largest absolute Gasteiger partial charge is 0.471 e. The number of unbranched alkanes of at least 4 members (excludes halogenated alkanes) is 5. The van der Waals surface area contributed by atoms with Gasteiger partial charge in [-0.2, -0.15) is 13.2 Å². The van der Waals surface area contributed by atoms with E-state index in [1.165, 1.54) is 0 Å². The average molecular weight is 634 g/mol. The van der Waals surface area contributed by atoms with Crippen molar-refractivity contribution in [2.75, 3.05) is 19.6 Å². The predicted octanol–water partition coefficient (Wildman–Crippen LogP) is 4.61. The number of amides is 4. The summed E-state index contributed by atoms with van der Waals surface area (Å²) in [7, 11) is 0. The highest BCUT2D eigenvalue weighted by atomic mass is 19.4. The maximum absolute atomic E-state index is 12.8. The summed E-state index contributed by atoms with van der Waals surface area (Å²) in [5.74, 6) is -3.10. The first-order chi connectivity index (χ1) is 21.5. The molecule has 2 aromatic rings. The van der Waals surface area contributed by atoms with Crippen LogP contribution < -0.4 is 27.0 Å². The van der Waals surface area contributed by atoms with E-state index in [1.807, 2.05) is 42.5 Å². The highest BCUT2D eigenvalue weighted by Gasteiger charge is 2.38. The van der Waals surface area contributed by atoms with Crippen LogP contribution in [-0.2, 0) is 14.4 Å². The van der Waals surface area contributed by atoms with Crippen molar-refractivity contribution in [3.8, 4) is 11.1 Å². The smallest absolute Gasteiger partial charge is 0.354 e. The van der Waals surface area contributed by atoms with E-state index in [4.69, 9.17) is 5.73 Å². The number of nitrogens with one attached hydrogen (secondary N) is 4. The minimum absolute atomic E-state index is 0.180. The van der Waals surface area contributed by atoms with Gasteiger partial charge in [0.05, 0.1) is 6.04 Å². The highest BCUT2D eigenvalue weighted by molar-refractivity contribution is 5.94. The summed E-state index contributed by atoms with van der Waals surface area (Å²) in [5.41, 5.74) is 8.70. The Kier molecular flexibility index (Phi) is 16.7. The number of alkyl halides is 3. The Morgan fingerprint density at radius 2 is 1.27 bits per heavy atom. The van der Waals surface area contributed by atoms with Gasteiger partial charge in [0.2, 0.25) is 11.8 Å². The fourth-order valence-electron chi connectivity index (χ4n) is 4.58. The van der Waals surface area contributed by atoms with Gasteiger partial charge in [0.25, 0.3) is 5.91 Å². The Morgan fingerprint density at radius 1 is 0.689 bits per heavy atom. The molecule has 2 unspecified atom stereocenters. The zero-order valence-corrected chi connectivity index (χ0v) is 25.9. The predicted molar refractivity (Wildman–Crippen MR) is 168 cm³/mol. The van der Waals surface area contributed by atoms with Gasteiger partial charge in [-0.05, 0) is 68.2 Å². The summed E-state index contributed by atoms with van der Waals surface area (Å²) in [6, 6.07) is 15.4. The third kappa shape index (κ3) is 14.6. The van der Waals surface area contributed by atoms with Crippen LogP contribution in [0.2, 0.25) is 0 Å². The third-order valence-corrected chi connectivity index (χ3v) is 7.24. The molecule has 2 atom stereocenters. The Bertz CT molecular complexity index is 1190. The number of carbonyl (C=O) groups is 4. The van der Waals surface area contributed by atoms with Crippen molar-refractivity contribution in [3.63, 3.8) is 0 Å². The normalized spacial score (nSPS) is 12.6. The highest BCUT2D eigenvalue weighted by Crippen LogP contribution is 2.19. The monoisotopic (exact) mass is 633 g/mol. The van der Waals surface area contributed by atoms with Crippen LogP contribution in [0.15, 0.2) is 54.6 Å². The molecule has 9 nitrogen and oxygen atoms in total. The molecule has 2 rings (SSSR count). The second-order valence-corrected chi connectivity index (χ2v) is 11.0. The Balaban J connectivity index is 1.75. The molecule has 0 heterocycles. The lowest BCUT2D eigenvalue weighted by Crippen LogP contribution is -2.51. The van der Waals surface area contributed by atoms with Crippen molar-refractivity contribution in [3.05, 3.63) is 60.2 Å². The molecule has 12 heteroatoms. The minimum Gasteiger partial charge on any atom is -0.354 e. The first-order valence-electron chi connectivity index (χ1n) is 15.6. The molecule has 6 N–H and O–H groups in total. The molecule has 0 bridgehead atoms. The van der Waals surface area contributed by atoms with Gasteiger partial charge in [-0.25, -0.2) is 0 Å². The van der Waals surface area contributed by atoms with Crippen molar-refractivity contribution in [1.82, 2.24) is 21.3 Å². The Labute approximate surface area is 263 Å². The number of rotatable bonds is 20. The fourth-order valence-corrected chi connectivity index (χ4v) is 4.58.